The van der Waals surface area contributed by atoms with E-state index in [2.05, 4.69) is 20.9 Å². The number of hydrogen-bond acceptors (Lipinski definition) is 5. The van der Waals surface area contributed by atoms with Gasteiger partial charge in [0.25, 0.3) is 0 Å². The van der Waals surface area contributed by atoms with Gasteiger partial charge in [0.05, 0.1) is 6.04 Å². The van der Waals surface area contributed by atoms with Crippen molar-refractivity contribution in [3.8, 4) is 0 Å². The molecule has 0 bridgehead atoms. The number of nitrogens with one attached hydrogen (secondary N) is 3. The van der Waals surface area contributed by atoms with Crippen LogP contribution < -0.4 is 27.4 Å². The molecule has 0 unspecified atom stereocenters. The Kier molecular flexibility index (Phi) is 10.6. The van der Waals surface area contributed by atoms with Gasteiger partial charge in [0.15, 0.2) is 5.96 Å². The largest absolute Gasteiger partial charge is 0.370 e. The van der Waals surface area contributed by atoms with E-state index in [0.717, 1.165) is 21.9 Å². The van der Waals surface area contributed by atoms with Crippen molar-refractivity contribution in [1.29, 1.82) is 0 Å². The molecule has 3 aromatic rings. The number of rotatable bonds is 14. The first-order valence-corrected chi connectivity index (χ1v) is 13.0. The fraction of sp³-hybridized carbons (Fsp3) is 0.300. The fourth-order valence-electron chi connectivity index (χ4n) is 4.40. The van der Waals surface area contributed by atoms with Gasteiger partial charge in [0.1, 0.15) is 18.4 Å². The molecule has 10 heteroatoms. The second-order valence-corrected chi connectivity index (χ2v) is 9.41. The lowest BCUT2D eigenvalue weighted by Gasteiger charge is -2.25. The number of guanidine groups is 1. The van der Waals surface area contributed by atoms with E-state index < -0.39 is 42.7 Å². The molecular weight excluding hydrogens is 508 g/mol. The Hall–Kier alpha value is -4.73. The lowest BCUT2D eigenvalue weighted by atomic mass is 9.97. The van der Waals surface area contributed by atoms with Crippen LogP contribution in [0, 0.1) is 0 Å². The molecule has 0 heterocycles. The van der Waals surface area contributed by atoms with Crippen LogP contribution in [0.2, 0.25) is 0 Å². The zero-order valence-corrected chi connectivity index (χ0v) is 22.2. The Bertz CT molecular complexity index is 1360. The molecule has 0 aliphatic carbocycles. The van der Waals surface area contributed by atoms with E-state index in [0.29, 0.717) is 25.7 Å². The highest BCUT2D eigenvalue weighted by atomic mass is 16.2. The van der Waals surface area contributed by atoms with Crippen molar-refractivity contribution < 1.29 is 20.5 Å². The number of carbonyl (C=O) groups is 4. The third kappa shape index (κ3) is 9.23. The average Bonchev–Trinajstić information content (AvgIpc) is 2.98. The van der Waals surface area contributed by atoms with Crippen LogP contribution in [-0.2, 0) is 32.0 Å². The number of fused-ring (bicyclic) bond motifs is 1. The predicted molar refractivity (Wildman–Crippen MR) is 155 cm³/mol. The molecule has 3 rings (SSSR count). The first-order chi connectivity index (χ1) is 19.8. The summed E-state index contributed by atoms with van der Waals surface area (Å²) in [6.07, 6.45) is 1.71. The molecule has 7 N–H and O–H groups in total. The number of nitrogens with two attached hydrogens (primary N) is 2. The molecule has 0 spiro atoms. The average molecular weight is 546 g/mol. The summed E-state index contributed by atoms with van der Waals surface area (Å²) in [6.45, 7) is -0.241. The van der Waals surface area contributed by atoms with Crippen LogP contribution in [-0.4, -0.2) is 54.6 Å². The van der Waals surface area contributed by atoms with Crippen molar-refractivity contribution in [1.82, 2.24) is 16.0 Å². The lowest BCUT2D eigenvalue weighted by molar-refractivity contribution is -0.132. The molecule has 3 atom stereocenters. The van der Waals surface area contributed by atoms with Crippen molar-refractivity contribution in [2.24, 2.45) is 16.5 Å². The number of benzene rings is 3. The number of carbonyl (C=O) groups excluding carboxylic acids is 4. The van der Waals surface area contributed by atoms with Crippen LogP contribution in [0.25, 0.3) is 10.8 Å². The second kappa shape index (κ2) is 15.0. The zero-order chi connectivity index (χ0) is 29.6. The molecule has 0 aromatic heterocycles. The van der Waals surface area contributed by atoms with Gasteiger partial charge in [0.2, 0.25) is 17.7 Å². The Balaban J connectivity index is 1.85. The summed E-state index contributed by atoms with van der Waals surface area (Å²) in [7, 11) is 0. The van der Waals surface area contributed by atoms with Crippen LogP contribution in [0.5, 0.6) is 0 Å². The van der Waals surface area contributed by atoms with Crippen molar-refractivity contribution >= 4 is 40.7 Å². The number of nitrogens with zero attached hydrogens (tertiary/aromatic N) is 1. The van der Waals surface area contributed by atoms with Crippen LogP contribution in [0.4, 0.5) is 0 Å². The molecule has 0 fully saturated rings. The van der Waals surface area contributed by atoms with Gasteiger partial charge < -0.3 is 32.2 Å². The van der Waals surface area contributed by atoms with Gasteiger partial charge in [-0.1, -0.05) is 72.8 Å². The fourth-order valence-corrected chi connectivity index (χ4v) is 4.40. The number of aldehydes is 1. The lowest BCUT2D eigenvalue weighted by Crippen LogP contribution is -2.56. The normalized spacial score (nSPS) is 13.2. The zero-order valence-electron chi connectivity index (χ0n) is 23.2. The van der Waals surface area contributed by atoms with E-state index in [9.17, 15) is 19.2 Å². The molecule has 3 amide bonds. The van der Waals surface area contributed by atoms with Gasteiger partial charge in [-0.25, -0.2) is 0 Å². The first-order valence-electron chi connectivity index (χ1n) is 13.7. The third-order valence-electron chi connectivity index (χ3n) is 6.33. The van der Waals surface area contributed by atoms with Gasteiger partial charge >= 0.3 is 0 Å². The molecular formula is C30H36N6O4. The first kappa shape index (κ1) is 28.3. The Labute approximate surface area is 235 Å². The summed E-state index contributed by atoms with van der Waals surface area (Å²) in [5.74, 6) is -1.79. The summed E-state index contributed by atoms with van der Waals surface area (Å²) in [5.41, 5.74) is 12.3. The molecule has 10 nitrogen and oxygen atoms in total. The minimum Gasteiger partial charge on any atom is -0.370 e. The topological polar surface area (TPSA) is 169 Å². The van der Waals surface area contributed by atoms with Crippen LogP contribution in [0.3, 0.4) is 0 Å². The summed E-state index contributed by atoms with van der Waals surface area (Å²) >= 11 is 0. The third-order valence-corrected chi connectivity index (χ3v) is 6.33. The van der Waals surface area contributed by atoms with Crippen LogP contribution in [0.1, 0.15) is 32.2 Å². The van der Waals surface area contributed by atoms with Crippen molar-refractivity contribution in [3.63, 3.8) is 0 Å². The quantitative estimate of drug-likeness (QED) is 0.0886. The molecule has 210 valence electrons. The molecule has 0 aliphatic rings. The van der Waals surface area contributed by atoms with E-state index >= 15 is 0 Å². The molecule has 0 saturated carbocycles. The highest BCUT2D eigenvalue weighted by Gasteiger charge is 2.28. The number of amides is 3. The van der Waals surface area contributed by atoms with Crippen LogP contribution >= 0.6 is 0 Å². The van der Waals surface area contributed by atoms with Crippen molar-refractivity contribution in [3.05, 3.63) is 83.9 Å². The molecule has 0 saturated heterocycles. The number of aliphatic imine (C=N–C) groups is 1. The summed E-state index contributed by atoms with van der Waals surface area (Å²) in [6, 6.07) is 19.7. The minimum absolute atomic E-state index is 0.0582. The van der Waals surface area contributed by atoms with E-state index in [1.54, 1.807) is 0 Å². The predicted octanol–water partition coefficient (Wildman–Crippen LogP) is 1.35. The van der Waals surface area contributed by atoms with Gasteiger partial charge in [-0.3, -0.25) is 19.4 Å². The van der Waals surface area contributed by atoms with Gasteiger partial charge in [0, 0.05) is 27.7 Å². The molecule has 0 aliphatic heterocycles. The van der Waals surface area contributed by atoms with E-state index in [4.69, 9.17) is 12.8 Å². The second-order valence-electron chi connectivity index (χ2n) is 9.41. The summed E-state index contributed by atoms with van der Waals surface area (Å²) in [5, 5.41) is 10.0. The molecule has 40 heavy (non-hydrogen) atoms. The van der Waals surface area contributed by atoms with Crippen LogP contribution in [0.15, 0.2) is 77.8 Å². The van der Waals surface area contributed by atoms with E-state index in [1.165, 1.54) is 0 Å². The Morgan fingerprint density at radius 3 is 2.27 bits per heavy atom. The molecule has 3 aromatic carbocycles. The highest BCUT2D eigenvalue weighted by Crippen LogP contribution is 2.20. The van der Waals surface area contributed by atoms with Crippen molar-refractivity contribution in [2.75, 3.05) is 6.54 Å². The molecule has 0 radical (unpaired) electrons. The van der Waals surface area contributed by atoms with Gasteiger partial charge in [-0.15, -0.1) is 0 Å². The van der Waals surface area contributed by atoms with E-state index in [-0.39, 0.29) is 18.8 Å². The highest BCUT2D eigenvalue weighted by molar-refractivity contribution is 5.93. The Morgan fingerprint density at radius 1 is 0.875 bits per heavy atom. The SMILES string of the molecule is [2H]CC(=O)N[C@@H](Cc1ccccc1)C(=O)N[C@@H](Cc1cccc2ccccc12)C(=O)N[C@H](C=O)CCCN=C(N)N. The summed E-state index contributed by atoms with van der Waals surface area (Å²) < 4.78 is 7.39. The van der Waals surface area contributed by atoms with Gasteiger partial charge in [-0.2, -0.15) is 0 Å². The Morgan fingerprint density at radius 2 is 1.55 bits per heavy atom. The van der Waals surface area contributed by atoms with Crippen molar-refractivity contribution in [2.45, 2.75) is 50.7 Å². The number of hydrogen-bond donors (Lipinski definition) is 5. The maximum atomic E-state index is 13.5. The standard InChI is InChI=1S/C30H36N6O4/c1-20(38)34-26(17-21-9-3-2-4-10-21)29(40)36-27(18-23-13-7-12-22-11-5-6-15-25(22)23)28(39)35-24(19-37)14-8-16-33-30(31)32/h2-7,9-13,15,19,24,26-27H,8,14,16-18H2,1H3,(H,34,38)(H,35,39)(H,36,40)(H4,31,32,33)/t24-,26-,27-/m0/s1/i1D. The maximum absolute atomic E-state index is 13.5. The van der Waals surface area contributed by atoms with Gasteiger partial charge in [-0.05, 0) is 34.7 Å². The summed E-state index contributed by atoms with van der Waals surface area (Å²) in [4.78, 5) is 54.8. The minimum atomic E-state index is -1.06. The maximum Gasteiger partial charge on any atom is 0.243 e. The van der Waals surface area contributed by atoms with E-state index in [1.807, 2.05) is 72.8 Å². The smallest absolute Gasteiger partial charge is 0.243 e. The monoisotopic (exact) mass is 545 g/mol.